The molecule has 0 bridgehead atoms. The molecule has 0 aliphatic carbocycles. The second-order valence-corrected chi connectivity index (χ2v) is 5.15. The predicted octanol–water partition coefficient (Wildman–Crippen LogP) is 2.08. The summed E-state index contributed by atoms with van der Waals surface area (Å²) in [5.41, 5.74) is 6.92. The number of anilines is 2. The van der Waals surface area contributed by atoms with E-state index in [1.807, 2.05) is 0 Å². The second-order valence-electron chi connectivity index (χ2n) is 5.15. The van der Waals surface area contributed by atoms with Crippen LogP contribution in [0.5, 0.6) is 0 Å². The molecule has 2 N–H and O–H groups in total. The molecule has 2 atom stereocenters. The monoisotopic (exact) mass is 263 g/mol. The van der Waals surface area contributed by atoms with Crippen LogP contribution in [0.15, 0.2) is 12.1 Å². The van der Waals surface area contributed by atoms with Gasteiger partial charge >= 0.3 is 5.97 Å². The lowest BCUT2D eigenvalue weighted by Crippen LogP contribution is -2.43. The molecule has 1 aromatic rings. The average molecular weight is 263 g/mol. The molecule has 1 aliphatic rings. The van der Waals surface area contributed by atoms with E-state index >= 15 is 0 Å². The molecule has 0 radical (unpaired) electrons. The van der Waals surface area contributed by atoms with Crippen LogP contribution in [0.4, 0.5) is 11.5 Å². The number of rotatable bonds is 2. The van der Waals surface area contributed by atoms with Crippen molar-refractivity contribution >= 4 is 17.5 Å². The summed E-state index contributed by atoms with van der Waals surface area (Å²) in [6, 6.07) is 3.69. The summed E-state index contributed by atoms with van der Waals surface area (Å²) in [7, 11) is 1.35. The molecule has 0 spiro atoms. The number of methoxy groups -OCH3 is 1. The van der Waals surface area contributed by atoms with Gasteiger partial charge in [0.1, 0.15) is 0 Å². The molecular weight excluding hydrogens is 242 g/mol. The summed E-state index contributed by atoms with van der Waals surface area (Å²) in [6.45, 7) is 5.33. The van der Waals surface area contributed by atoms with Crippen molar-refractivity contribution in [3.8, 4) is 0 Å². The minimum atomic E-state index is -0.432. The van der Waals surface area contributed by atoms with E-state index in [0.29, 0.717) is 29.2 Å². The number of esters is 1. The third-order valence-corrected chi connectivity index (χ3v) is 3.95. The number of piperidine rings is 1. The van der Waals surface area contributed by atoms with Gasteiger partial charge in [0.05, 0.1) is 12.8 Å². The number of carbonyl (C=O) groups is 1. The Morgan fingerprint density at radius 1 is 1.47 bits per heavy atom. The lowest BCUT2D eigenvalue weighted by atomic mass is 9.92. The van der Waals surface area contributed by atoms with Crippen LogP contribution in [-0.4, -0.2) is 30.6 Å². The Bertz CT molecular complexity index is 476. The summed E-state index contributed by atoms with van der Waals surface area (Å²) in [5, 5.41) is 0. The number of hydrogen-bond acceptors (Lipinski definition) is 5. The van der Waals surface area contributed by atoms with Crippen LogP contribution in [0.3, 0.4) is 0 Å². The molecule has 1 aliphatic heterocycles. The first-order valence-electron chi connectivity index (χ1n) is 6.66. The number of nitrogens with zero attached hydrogens (tertiary/aromatic N) is 2. The van der Waals surface area contributed by atoms with E-state index in [0.717, 1.165) is 13.0 Å². The number of aromatic nitrogens is 1. The van der Waals surface area contributed by atoms with Gasteiger partial charge in [-0.25, -0.2) is 9.78 Å². The summed E-state index contributed by atoms with van der Waals surface area (Å²) < 4.78 is 4.71. The maximum atomic E-state index is 11.6. The van der Waals surface area contributed by atoms with Crippen molar-refractivity contribution in [1.29, 1.82) is 0 Å². The zero-order valence-corrected chi connectivity index (χ0v) is 11.7. The van der Waals surface area contributed by atoms with Crippen LogP contribution in [0.1, 0.15) is 37.2 Å². The Hall–Kier alpha value is -1.78. The van der Waals surface area contributed by atoms with Crippen molar-refractivity contribution in [2.75, 3.05) is 24.3 Å². The molecule has 1 saturated heterocycles. The molecule has 5 heteroatoms. The fraction of sp³-hybridized carbons (Fsp3) is 0.571. The minimum Gasteiger partial charge on any atom is -0.464 e. The van der Waals surface area contributed by atoms with Crippen molar-refractivity contribution in [1.82, 2.24) is 4.98 Å². The Labute approximate surface area is 113 Å². The van der Waals surface area contributed by atoms with Gasteiger partial charge in [-0.05, 0) is 37.8 Å². The summed E-state index contributed by atoms with van der Waals surface area (Å²) >= 11 is 0. The number of nitrogen functional groups attached to an aromatic ring is 1. The average Bonchev–Trinajstić information content (AvgIpc) is 2.42. The van der Waals surface area contributed by atoms with Gasteiger partial charge in [-0.1, -0.05) is 6.92 Å². The quantitative estimate of drug-likeness (QED) is 0.827. The van der Waals surface area contributed by atoms with Crippen LogP contribution in [0.2, 0.25) is 0 Å². The van der Waals surface area contributed by atoms with Gasteiger partial charge in [0.25, 0.3) is 0 Å². The number of hydrogen-bond donors (Lipinski definition) is 1. The van der Waals surface area contributed by atoms with Crippen LogP contribution in [-0.2, 0) is 4.74 Å². The van der Waals surface area contributed by atoms with Crippen LogP contribution < -0.4 is 10.6 Å². The third-order valence-electron chi connectivity index (χ3n) is 3.95. The van der Waals surface area contributed by atoms with E-state index in [2.05, 4.69) is 23.7 Å². The fourth-order valence-electron chi connectivity index (χ4n) is 2.54. The van der Waals surface area contributed by atoms with Crippen molar-refractivity contribution in [2.45, 2.75) is 32.7 Å². The van der Waals surface area contributed by atoms with Gasteiger partial charge in [0, 0.05) is 12.6 Å². The third kappa shape index (κ3) is 2.64. The molecule has 0 saturated carbocycles. The van der Waals surface area contributed by atoms with E-state index in [9.17, 15) is 4.79 Å². The Balaban J connectivity index is 2.35. The van der Waals surface area contributed by atoms with Gasteiger partial charge < -0.3 is 15.4 Å². The largest absolute Gasteiger partial charge is 0.464 e. The number of nitrogens with two attached hydrogens (primary N) is 1. The van der Waals surface area contributed by atoms with Gasteiger partial charge in [0.2, 0.25) is 0 Å². The molecule has 1 fully saturated rings. The second kappa shape index (κ2) is 5.47. The highest BCUT2D eigenvalue weighted by Crippen LogP contribution is 2.30. The first-order chi connectivity index (χ1) is 9.04. The van der Waals surface area contributed by atoms with Crippen molar-refractivity contribution in [3.05, 3.63) is 17.8 Å². The molecule has 5 nitrogen and oxygen atoms in total. The Kier molecular flexibility index (Phi) is 3.93. The van der Waals surface area contributed by atoms with Gasteiger partial charge in [0.15, 0.2) is 11.5 Å². The molecule has 2 unspecified atom stereocenters. The van der Waals surface area contributed by atoms with Crippen molar-refractivity contribution < 1.29 is 9.53 Å². The smallest absolute Gasteiger partial charge is 0.356 e. The number of ether oxygens (including phenoxy) is 1. The predicted molar refractivity (Wildman–Crippen MR) is 75.2 cm³/mol. The summed E-state index contributed by atoms with van der Waals surface area (Å²) in [5.74, 6) is 0.859. The molecule has 0 aromatic carbocycles. The highest BCUT2D eigenvalue weighted by Gasteiger charge is 2.27. The molecule has 2 heterocycles. The molecule has 0 amide bonds. The Morgan fingerprint density at radius 2 is 2.21 bits per heavy atom. The van der Waals surface area contributed by atoms with E-state index < -0.39 is 5.97 Å². The van der Waals surface area contributed by atoms with E-state index in [4.69, 9.17) is 10.5 Å². The normalized spacial score (nSPS) is 23.2. The van der Waals surface area contributed by atoms with Crippen LogP contribution in [0, 0.1) is 5.92 Å². The molecule has 104 valence electrons. The topological polar surface area (TPSA) is 68.5 Å². The van der Waals surface area contributed by atoms with Crippen molar-refractivity contribution in [3.63, 3.8) is 0 Å². The van der Waals surface area contributed by atoms with Gasteiger partial charge in [-0.2, -0.15) is 0 Å². The first kappa shape index (κ1) is 13.6. The highest BCUT2D eigenvalue weighted by atomic mass is 16.5. The standard InChI is InChI=1S/C14H21N3O2/c1-9-5-4-8-17(10(9)2)13-11(15)6-7-12(16-13)14(18)19-3/h6-7,9-10H,4-5,8,15H2,1-3H3. The fourth-order valence-corrected chi connectivity index (χ4v) is 2.54. The summed E-state index contributed by atoms with van der Waals surface area (Å²) in [6.07, 6.45) is 2.34. The minimum absolute atomic E-state index is 0.303. The zero-order valence-electron chi connectivity index (χ0n) is 11.7. The molecular formula is C14H21N3O2. The number of carbonyl (C=O) groups excluding carboxylic acids is 1. The maximum Gasteiger partial charge on any atom is 0.356 e. The van der Waals surface area contributed by atoms with E-state index in [1.54, 1.807) is 12.1 Å². The lowest BCUT2D eigenvalue weighted by molar-refractivity contribution is 0.0594. The zero-order chi connectivity index (χ0) is 14.0. The molecule has 19 heavy (non-hydrogen) atoms. The van der Waals surface area contributed by atoms with Crippen LogP contribution in [0.25, 0.3) is 0 Å². The maximum absolute atomic E-state index is 11.6. The van der Waals surface area contributed by atoms with Gasteiger partial charge in [-0.15, -0.1) is 0 Å². The summed E-state index contributed by atoms with van der Waals surface area (Å²) in [4.78, 5) is 18.1. The van der Waals surface area contributed by atoms with Crippen LogP contribution >= 0.6 is 0 Å². The highest BCUT2D eigenvalue weighted by molar-refractivity contribution is 5.88. The molecule has 1 aromatic heterocycles. The van der Waals surface area contributed by atoms with Gasteiger partial charge in [-0.3, -0.25) is 0 Å². The Morgan fingerprint density at radius 3 is 2.89 bits per heavy atom. The van der Waals surface area contributed by atoms with E-state index in [1.165, 1.54) is 13.5 Å². The van der Waals surface area contributed by atoms with E-state index in [-0.39, 0.29) is 0 Å². The number of pyridine rings is 1. The first-order valence-corrected chi connectivity index (χ1v) is 6.66. The lowest BCUT2D eigenvalue weighted by Gasteiger charge is -2.39. The molecule has 2 rings (SSSR count). The van der Waals surface area contributed by atoms with Crippen molar-refractivity contribution in [2.24, 2.45) is 5.92 Å². The SMILES string of the molecule is COC(=O)c1ccc(N)c(N2CCCC(C)C2C)n1.